The van der Waals surface area contributed by atoms with E-state index in [-0.39, 0.29) is 11.2 Å². The van der Waals surface area contributed by atoms with E-state index >= 15 is 0 Å². The summed E-state index contributed by atoms with van der Waals surface area (Å²) in [7, 11) is 0. The normalized spacial score (nSPS) is 15.0. The van der Waals surface area contributed by atoms with E-state index < -0.39 is 0 Å². The molecule has 0 atom stereocenters. The van der Waals surface area contributed by atoms with E-state index in [0.717, 1.165) is 25.3 Å². The van der Waals surface area contributed by atoms with Crippen LogP contribution in [0.15, 0.2) is 20.2 Å². The molecule has 1 saturated carbocycles. The van der Waals surface area contributed by atoms with Crippen molar-refractivity contribution < 1.29 is 4.52 Å². The topological polar surface area (TPSA) is 97.0 Å². The molecule has 3 rings (SSSR count). The van der Waals surface area contributed by atoms with Gasteiger partial charge in [-0.3, -0.25) is 14.3 Å². The summed E-state index contributed by atoms with van der Waals surface area (Å²) in [6, 6.07) is 1.43. The van der Waals surface area contributed by atoms with E-state index in [2.05, 4.69) is 20.0 Å². The van der Waals surface area contributed by atoms with Gasteiger partial charge in [-0.2, -0.15) is 4.98 Å². The lowest BCUT2D eigenvalue weighted by Crippen LogP contribution is -2.39. The Balaban J connectivity index is 1.62. The van der Waals surface area contributed by atoms with Gasteiger partial charge in [-0.1, -0.05) is 18.5 Å². The Morgan fingerprint density at radius 3 is 2.83 bits per heavy atom. The molecule has 0 saturated heterocycles. The van der Waals surface area contributed by atoms with Crippen LogP contribution < -0.4 is 11.2 Å². The van der Waals surface area contributed by atoms with Gasteiger partial charge in [-0.25, -0.2) is 4.79 Å². The molecular weight excluding hydrogens is 310 g/mol. The Morgan fingerprint density at radius 1 is 1.42 bits per heavy atom. The number of hydrogen-bond acceptors (Lipinski definition) is 6. The number of aryl methyl sites for hydroxylation is 1. The van der Waals surface area contributed by atoms with Crippen LogP contribution in [-0.4, -0.2) is 37.7 Å². The quantitative estimate of drug-likeness (QED) is 0.812. The predicted octanol–water partition coefficient (Wildman–Crippen LogP) is 1.02. The predicted molar refractivity (Wildman–Crippen MR) is 87.9 cm³/mol. The van der Waals surface area contributed by atoms with Crippen molar-refractivity contribution >= 4 is 0 Å². The van der Waals surface area contributed by atoms with Crippen LogP contribution in [0.3, 0.4) is 0 Å². The fourth-order valence-corrected chi connectivity index (χ4v) is 2.79. The second-order valence-electron chi connectivity index (χ2n) is 6.29. The molecule has 24 heavy (non-hydrogen) atoms. The average Bonchev–Trinajstić information content (AvgIpc) is 2.91. The van der Waals surface area contributed by atoms with Gasteiger partial charge < -0.3 is 9.51 Å². The van der Waals surface area contributed by atoms with E-state index in [1.807, 2.05) is 6.92 Å². The fourth-order valence-electron chi connectivity index (χ4n) is 2.79. The largest absolute Gasteiger partial charge is 0.339 e. The van der Waals surface area contributed by atoms with Gasteiger partial charge in [0.05, 0.1) is 6.54 Å². The fraction of sp³-hybridized carbons (Fsp3) is 0.625. The van der Waals surface area contributed by atoms with Crippen LogP contribution in [0, 0.1) is 6.92 Å². The highest BCUT2D eigenvalue weighted by atomic mass is 16.5. The summed E-state index contributed by atoms with van der Waals surface area (Å²) in [5, 5.41) is 4.04. The van der Waals surface area contributed by atoms with Crippen molar-refractivity contribution in [3.63, 3.8) is 0 Å². The molecule has 2 aromatic rings. The molecular formula is C16H23N5O3. The molecule has 8 heteroatoms. The Bertz CT molecular complexity index is 771. The van der Waals surface area contributed by atoms with Gasteiger partial charge >= 0.3 is 5.69 Å². The van der Waals surface area contributed by atoms with Gasteiger partial charge in [-0.15, -0.1) is 0 Å². The average molecular weight is 333 g/mol. The highest BCUT2D eigenvalue weighted by Crippen LogP contribution is 2.35. The molecule has 0 aromatic carbocycles. The molecule has 1 fully saturated rings. The number of nitrogens with zero attached hydrogens (tertiary/aromatic N) is 4. The molecule has 0 aliphatic heterocycles. The van der Waals surface area contributed by atoms with Crippen LogP contribution in [0.2, 0.25) is 0 Å². The van der Waals surface area contributed by atoms with Gasteiger partial charge in [0, 0.05) is 30.8 Å². The maximum absolute atomic E-state index is 11.9. The number of nitrogens with one attached hydrogen (secondary N) is 1. The molecule has 0 spiro atoms. The standard InChI is InChI=1S/C16H23N5O3/c1-3-20(7-8-21-14(22)9-11(2)17-16(21)23)10-13-18-15(24-19-13)12-5-4-6-12/h9,12H,3-8,10H2,1-2H3,(H,17,23). The van der Waals surface area contributed by atoms with E-state index in [0.29, 0.717) is 37.1 Å². The molecule has 2 heterocycles. The zero-order valence-electron chi connectivity index (χ0n) is 14.1. The van der Waals surface area contributed by atoms with Crippen LogP contribution in [0.5, 0.6) is 0 Å². The molecule has 0 amide bonds. The molecule has 0 unspecified atom stereocenters. The summed E-state index contributed by atoms with van der Waals surface area (Å²) in [6.45, 7) is 5.93. The third kappa shape index (κ3) is 3.64. The number of aromatic nitrogens is 4. The number of likely N-dealkylation sites (N-methyl/N-ethyl adjacent to an activating group) is 1. The van der Waals surface area contributed by atoms with Crippen LogP contribution in [0.4, 0.5) is 0 Å². The minimum Gasteiger partial charge on any atom is -0.339 e. The van der Waals surface area contributed by atoms with Crippen molar-refractivity contribution in [2.24, 2.45) is 0 Å². The zero-order chi connectivity index (χ0) is 17.1. The van der Waals surface area contributed by atoms with Crippen LogP contribution in [-0.2, 0) is 13.1 Å². The molecule has 1 N–H and O–H groups in total. The molecule has 0 radical (unpaired) electrons. The van der Waals surface area contributed by atoms with Crippen molar-refractivity contribution in [3.05, 3.63) is 44.3 Å². The Labute approximate surface area is 139 Å². The SMILES string of the molecule is CCN(CCn1c(=O)cc(C)[nH]c1=O)Cc1noc(C2CCC2)n1. The number of H-pyrrole nitrogens is 1. The summed E-state index contributed by atoms with van der Waals surface area (Å²) >= 11 is 0. The van der Waals surface area contributed by atoms with Crippen LogP contribution in [0.25, 0.3) is 0 Å². The number of hydrogen-bond donors (Lipinski definition) is 1. The third-order valence-electron chi connectivity index (χ3n) is 4.55. The second kappa shape index (κ2) is 7.12. The summed E-state index contributed by atoms with van der Waals surface area (Å²) < 4.78 is 6.54. The first kappa shape index (κ1) is 16.6. The summed E-state index contributed by atoms with van der Waals surface area (Å²) in [5.41, 5.74) is -0.0778. The van der Waals surface area contributed by atoms with Crippen molar-refractivity contribution in [3.8, 4) is 0 Å². The lowest BCUT2D eigenvalue weighted by Gasteiger charge is -2.20. The van der Waals surface area contributed by atoms with E-state index in [1.165, 1.54) is 17.1 Å². The van der Waals surface area contributed by atoms with Gasteiger partial charge in [0.1, 0.15) is 0 Å². The van der Waals surface area contributed by atoms with Gasteiger partial charge in [0.25, 0.3) is 5.56 Å². The Morgan fingerprint density at radius 2 is 2.21 bits per heavy atom. The van der Waals surface area contributed by atoms with Crippen LogP contribution in [0.1, 0.15) is 49.5 Å². The first-order valence-electron chi connectivity index (χ1n) is 8.42. The third-order valence-corrected chi connectivity index (χ3v) is 4.55. The maximum Gasteiger partial charge on any atom is 0.328 e. The lowest BCUT2D eigenvalue weighted by molar-refractivity contribution is 0.251. The van der Waals surface area contributed by atoms with E-state index in [9.17, 15) is 9.59 Å². The van der Waals surface area contributed by atoms with Crippen molar-refractivity contribution in [2.75, 3.05) is 13.1 Å². The van der Waals surface area contributed by atoms with Crippen molar-refractivity contribution in [1.29, 1.82) is 0 Å². The van der Waals surface area contributed by atoms with Gasteiger partial charge in [0.15, 0.2) is 5.82 Å². The first-order valence-corrected chi connectivity index (χ1v) is 8.42. The van der Waals surface area contributed by atoms with Crippen LogP contribution >= 0.6 is 0 Å². The summed E-state index contributed by atoms with van der Waals surface area (Å²) in [6.07, 6.45) is 3.47. The molecule has 0 bridgehead atoms. The monoisotopic (exact) mass is 333 g/mol. The minimum absolute atomic E-state index is 0.279. The molecule has 2 aromatic heterocycles. The Hall–Kier alpha value is -2.22. The second-order valence-corrected chi connectivity index (χ2v) is 6.29. The first-order chi connectivity index (χ1) is 11.6. The maximum atomic E-state index is 11.9. The smallest absolute Gasteiger partial charge is 0.328 e. The van der Waals surface area contributed by atoms with Gasteiger partial charge in [0.2, 0.25) is 5.89 Å². The highest BCUT2D eigenvalue weighted by molar-refractivity contribution is 4.98. The molecule has 1 aliphatic rings. The molecule has 8 nitrogen and oxygen atoms in total. The molecule has 130 valence electrons. The minimum atomic E-state index is -0.372. The number of rotatable bonds is 7. The lowest BCUT2D eigenvalue weighted by atomic mass is 9.85. The van der Waals surface area contributed by atoms with E-state index in [4.69, 9.17) is 4.52 Å². The molecule has 1 aliphatic carbocycles. The van der Waals surface area contributed by atoms with Crippen molar-refractivity contribution in [2.45, 2.75) is 52.1 Å². The van der Waals surface area contributed by atoms with Crippen molar-refractivity contribution in [1.82, 2.24) is 24.6 Å². The summed E-state index contributed by atoms with van der Waals surface area (Å²) in [5.74, 6) is 1.81. The summed E-state index contributed by atoms with van der Waals surface area (Å²) in [4.78, 5) is 33.0. The highest BCUT2D eigenvalue weighted by Gasteiger charge is 2.25. The zero-order valence-corrected chi connectivity index (χ0v) is 14.1. The van der Waals surface area contributed by atoms with Gasteiger partial charge in [-0.05, 0) is 26.3 Å². The van der Waals surface area contributed by atoms with E-state index in [1.54, 1.807) is 6.92 Å². The number of aromatic amines is 1. The Kier molecular flexibility index (Phi) is 4.94.